The van der Waals surface area contributed by atoms with Crippen molar-refractivity contribution < 1.29 is 9.59 Å². The van der Waals surface area contributed by atoms with Gasteiger partial charge in [-0.3, -0.25) is 9.59 Å². The van der Waals surface area contributed by atoms with Gasteiger partial charge in [0.1, 0.15) is 6.54 Å². The Bertz CT molecular complexity index is 1660. The lowest BCUT2D eigenvalue weighted by Gasteiger charge is -2.28. The van der Waals surface area contributed by atoms with E-state index >= 15 is 0 Å². The van der Waals surface area contributed by atoms with Gasteiger partial charge < -0.3 is 19.7 Å². The second-order valence-corrected chi connectivity index (χ2v) is 11.9. The van der Waals surface area contributed by atoms with Crippen molar-refractivity contribution in [1.82, 2.24) is 14.8 Å². The molecule has 4 aromatic carbocycles. The van der Waals surface area contributed by atoms with Crippen LogP contribution in [0.25, 0.3) is 10.9 Å². The summed E-state index contributed by atoms with van der Waals surface area (Å²) in [5.41, 5.74) is 6.09. The molecule has 5 aromatic rings. The molecule has 43 heavy (non-hydrogen) atoms. The zero-order valence-electron chi connectivity index (χ0n) is 24.7. The molecule has 220 valence electrons. The van der Waals surface area contributed by atoms with Gasteiger partial charge in [-0.2, -0.15) is 0 Å². The van der Waals surface area contributed by atoms with Crippen LogP contribution in [-0.2, 0) is 24.2 Å². The molecule has 0 spiro atoms. The molecular weight excluding hydrogens is 600 g/mol. The van der Waals surface area contributed by atoms with E-state index in [1.165, 1.54) is 10.9 Å². The smallest absolute Gasteiger partial charge is 0.254 e. The molecule has 0 saturated heterocycles. The highest BCUT2D eigenvalue weighted by Crippen LogP contribution is 2.20. The number of aromatic amines is 1. The Morgan fingerprint density at radius 1 is 0.744 bits per heavy atom. The Morgan fingerprint density at radius 2 is 1.47 bits per heavy atom. The number of carbonyl (C=O) groups excluding carboxylic acids is 2. The number of nitrogens with one attached hydrogen (secondary N) is 1. The second kappa shape index (κ2) is 14.2. The number of anilines is 1. The molecular formula is C36H37BrN4O2. The highest BCUT2D eigenvalue weighted by Gasteiger charge is 2.23. The number of fused-ring (bicyclic) bond motifs is 1. The van der Waals surface area contributed by atoms with Gasteiger partial charge in [0, 0.05) is 66.6 Å². The maximum atomic E-state index is 14.1. The monoisotopic (exact) mass is 636 g/mol. The Kier molecular flexibility index (Phi) is 9.95. The molecule has 0 aliphatic heterocycles. The van der Waals surface area contributed by atoms with Crippen molar-refractivity contribution in [3.05, 3.63) is 136 Å². The lowest BCUT2D eigenvalue weighted by atomic mass is 10.1. The van der Waals surface area contributed by atoms with E-state index in [2.05, 4.69) is 74.3 Å². The minimum absolute atomic E-state index is 0.00183. The summed E-state index contributed by atoms with van der Waals surface area (Å²) in [5.74, 6) is -0.231. The molecule has 0 radical (unpaired) electrons. The van der Waals surface area contributed by atoms with Crippen LogP contribution in [0.4, 0.5) is 5.69 Å². The van der Waals surface area contributed by atoms with Gasteiger partial charge in [-0.15, -0.1) is 0 Å². The average molecular weight is 638 g/mol. The number of aromatic nitrogens is 1. The number of nitrogens with zero attached hydrogens (tertiary/aromatic N) is 3. The van der Waals surface area contributed by atoms with E-state index < -0.39 is 0 Å². The quantitative estimate of drug-likeness (QED) is 0.161. The van der Waals surface area contributed by atoms with Crippen molar-refractivity contribution in [3.8, 4) is 0 Å². The van der Waals surface area contributed by atoms with E-state index in [0.717, 1.165) is 26.8 Å². The van der Waals surface area contributed by atoms with E-state index in [4.69, 9.17) is 0 Å². The highest BCUT2D eigenvalue weighted by molar-refractivity contribution is 9.10. The van der Waals surface area contributed by atoms with E-state index in [1.54, 1.807) is 11.0 Å². The fraction of sp³-hybridized carbons (Fsp3) is 0.222. The van der Waals surface area contributed by atoms with Crippen LogP contribution in [0.5, 0.6) is 0 Å². The summed E-state index contributed by atoms with van der Waals surface area (Å²) in [4.78, 5) is 36.8. The Hall–Kier alpha value is -4.36. The average Bonchev–Trinajstić information content (AvgIpc) is 3.44. The van der Waals surface area contributed by atoms with Crippen molar-refractivity contribution >= 4 is 44.3 Å². The SMILES string of the molecule is CN(C)c1ccc(CN(CCc2c[nH]c3ccccc23)C(=O)CN(CCc2ccccc2)C(=O)c2cccc(Br)c2)cc1. The van der Waals surface area contributed by atoms with Crippen LogP contribution in [0, 0.1) is 0 Å². The number of H-pyrrole nitrogens is 1. The molecule has 1 heterocycles. The third kappa shape index (κ3) is 7.93. The summed E-state index contributed by atoms with van der Waals surface area (Å²) in [7, 11) is 4.02. The number of amides is 2. The predicted molar refractivity (Wildman–Crippen MR) is 178 cm³/mol. The van der Waals surface area contributed by atoms with Crippen molar-refractivity contribution in [2.45, 2.75) is 19.4 Å². The Labute approximate surface area is 262 Å². The summed E-state index contributed by atoms with van der Waals surface area (Å²) >= 11 is 3.49. The van der Waals surface area contributed by atoms with Gasteiger partial charge in [0.05, 0.1) is 0 Å². The molecule has 6 nitrogen and oxygen atoms in total. The van der Waals surface area contributed by atoms with Crippen LogP contribution in [0.15, 0.2) is 114 Å². The van der Waals surface area contributed by atoms with Crippen molar-refractivity contribution in [2.24, 2.45) is 0 Å². The van der Waals surface area contributed by atoms with Gasteiger partial charge >= 0.3 is 0 Å². The lowest BCUT2D eigenvalue weighted by Crippen LogP contribution is -2.44. The zero-order valence-corrected chi connectivity index (χ0v) is 26.3. The minimum atomic E-state index is -0.155. The first-order valence-corrected chi connectivity index (χ1v) is 15.3. The number of halogens is 1. The molecule has 0 atom stereocenters. The van der Waals surface area contributed by atoms with Gasteiger partial charge in [0.15, 0.2) is 0 Å². The molecule has 5 rings (SSSR count). The van der Waals surface area contributed by atoms with Gasteiger partial charge in [0.25, 0.3) is 5.91 Å². The van der Waals surface area contributed by atoms with Gasteiger partial charge in [-0.05, 0) is 65.9 Å². The number of para-hydroxylation sites is 1. The van der Waals surface area contributed by atoms with Crippen molar-refractivity contribution in [3.63, 3.8) is 0 Å². The number of carbonyl (C=O) groups is 2. The number of hydrogen-bond acceptors (Lipinski definition) is 3. The molecule has 0 unspecified atom stereocenters. The first-order valence-electron chi connectivity index (χ1n) is 14.5. The molecule has 0 bridgehead atoms. The predicted octanol–water partition coefficient (Wildman–Crippen LogP) is 6.95. The maximum absolute atomic E-state index is 14.1. The number of benzene rings is 4. The van der Waals surface area contributed by atoms with E-state index in [0.29, 0.717) is 38.0 Å². The van der Waals surface area contributed by atoms with E-state index in [1.807, 2.05) is 73.7 Å². The van der Waals surface area contributed by atoms with Crippen LogP contribution in [0.1, 0.15) is 27.0 Å². The summed E-state index contributed by atoms with van der Waals surface area (Å²) in [5, 5.41) is 1.17. The fourth-order valence-electron chi connectivity index (χ4n) is 5.23. The van der Waals surface area contributed by atoms with Crippen molar-refractivity contribution in [1.29, 1.82) is 0 Å². The Balaban J connectivity index is 1.38. The summed E-state index contributed by atoms with van der Waals surface area (Å²) in [6, 6.07) is 33.9. The molecule has 1 aromatic heterocycles. The van der Waals surface area contributed by atoms with Crippen molar-refractivity contribution in [2.75, 3.05) is 38.6 Å². The van der Waals surface area contributed by atoms with Gasteiger partial charge in [-0.1, -0.05) is 82.7 Å². The van der Waals surface area contributed by atoms with Gasteiger partial charge in [-0.25, -0.2) is 0 Å². The molecule has 1 N–H and O–H groups in total. The van der Waals surface area contributed by atoms with E-state index in [9.17, 15) is 9.59 Å². The first kappa shape index (κ1) is 30.1. The standard InChI is InChI=1S/C36H37BrN4O2/c1-39(2)32-17-15-28(16-18-32)25-40(22-20-30-24-38-34-14-7-6-13-33(30)34)35(42)26-41(21-19-27-9-4-3-5-10-27)36(43)29-11-8-12-31(37)23-29/h3-18,23-24,38H,19-22,25-26H2,1-2H3. The third-order valence-electron chi connectivity index (χ3n) is 7.70. The lowest BCUT2D eigenvalue weighted by molar-refractivity contribution is -0.132. The third-order valence-corrected chi connectivity index (χ3v) is 8.20. The van der Waals surface area contributed by atoms with Crippen LogP contribution in [0.3, 0.4) is 0 Å². The molecule has 0 fully saturated rings. The van der Waals surface area contributed by atoms with Crippen LogP contribution >= 0.6 is 15.9 Å². The molecule has 0 aliphatic rings. The van der Waals surface area contributed by atoms with E-state index in [-0.39, 0.29) is 18.4 Å². The zero-order chi connectivity index (χ0) is 30.2. The fourth-order valence-corrected chi connectivity index (χ4v) is 5.63. The summed E-state index contributed by atoms with van der Waals surface area (Å²) in [6.45, 7) is 1.44. The minimum Gasteiger partial charge on any atom is -0.378 e. The highest BCUT2D eigenvalue weighted by atomic mass is 79.9. The van der Waals surface area contributed by atoms with Crippen LogP contribution in [-0.4, -0.2) is 60.3 Å². The summed E-state index contributed by atoms with van der Waals surface area (Å²) in [6.07, 6.45) is 3.40. The molecule has 0 saturated carbocycles. The topological polar surface area (TPSA) is 59.7 Å². The number of hydrogen-bond donors (Lipinski definition) is 1. The Morgan fingerprint density at radius 3 is 2.21 bits per heavy atom. The maximum Gasteiger partial charge on any atom is 0.254 e. The molecule has 0 aliphatic carbocycles. The normalized spacial score (nSPS) is 11.0. The number of rotatable bonds is 12. The van der Waals surface area contributed by atoms with Crippen LogP contribution in [0.2, 0.25) is 0 Å². The largest absolute Gasteiger partial charge is 0.378 e. The molecule has 7 heteroatoms. The van der Waals surface area contributed by atoms with Crippen LogP contribution < -0.4 is 4.90 Å². The second-order valence-electron chi connectivity index (χ2n) is 11.0. The molecule has 2 amide bonds. The summed E-state index contributed by atoms with van der Waals surface area (Å²) < 4.78 is 0.828. The first-order chi connectivity index (χ1) is 20.9. The van der Waals surface area contributed by atoms with Gasteiger partial charge in [0.2, 0.25) is 5.91 Å².